The zero-order chi connectivity index (χ0) is 15.5. The minimum atomic E-state index is -3.84. The second kappa shape index (κ2) is 6.44. The Hall–Kier alpha value is -1.61. The van der Waals surface area contributed by atoms with Crippen LogP contribution in [-0.2, 0) is 14.8 Å². The van der Waals surface area contributed by atoms with Crippen molar-refractivity contribution in [2.75, 3.05) is 10.8 Å². The number of halogens is 1. The third-order valence-corrected chi connectivity index (χ3v) is 5.19. The lowest BCUT2D eigenvalue weighted by Gasteiger charge is -2.23. The van der Waals surface area contributed by atoms with Crippen LogP contribution >= 0.6 is 22.6 Å². The van der Waals surface area contributed by atoms with Crippen LogP contribution in [0.4, 0.5) is 5.69 Å². The molecular weight excluding hydrogens is 403 g/mol. The molecule has 0 spiro atoms. The smallest absolute Gasteiger partial charge is 0.264 e. The van der Waals surface area contributed by atoms with Gasteiger partial charge in [0, 0.05) is 3.57 Å². The highest BCUT2D eigenvalue weighted by Gasteiger charge is 2.26. The maximum atomic E-state index is 12.7. The Bertz CT molecular complexity index is 748. The first-order chi connectivity index (χ1) is 9.91. The predicted octanol–water partition coefficient (Wildman–Crippen LogP) is 1.97. The highest BCUT2D eigenvalue weighted by atomic mass is 127. The average molecular weight is 416 g/mol. The molecule has 0 aromatic heterocycles. The number of hydrogen-bond donors (Lipinski definition) is 1. The Labute approximate surface area is 137 Å². The van der Waals surface area contributed by atoms with Gasteiger partial charge in [-0.1, -0.05) is 24.3 Å². The lowest BCUT2D eigenvalue weighted by molar-refractivity contribution is -0.116. The summed E-state index contributed by atoms with van der Waals surface area (Å²) < 4.78 is 27.3. The first-order valence-electron chi connectivity index (χ1n) is 6.03. The van der Waals surface area contributed by atoms with Crippen LogP contribution in [0.15, 0.2) is 59.5 Å². The van der Waals surface area contributed by atoms with Gasteiger partial charge in [-0.25, -0.2) is 8.42 Å². The van der Waals surface area contributed by atoms with Gasteiger partial charge in [0.2, 0.25) is 5.91 Å². The monoisotopic (exact) mass is 416 g/mol. The van der Waals surface area contributed by atoms with E-state index in [1.165, 1.54) is 12.1 Å². The number of benzene rings is 2. The van der Waals surface area contributed by atoms with E-state index >= 15 is 0 Å². The Morgan fingerprint density at radius 3 is 2.33 bits per heavy atom. The largest absolute Gasteiger partial charge is 0.368 e. The van der Waals surface area contributed by atoms with E-state index in [9.17, 15) is 13.2 Å². The lowest BCUT2D eigenvalue weighted by Crippen LogP contribution is -2.38. The molecule has 0 atom stereocenters. The fourth-order valence-electron chi connectivity index (χ4n) is 1.81. The quantitative estimate of drug-likeness (QED) is 0.757. The average Bonchev–Trinajstić information content (AvgIpc) is 2.45. The molecule has 2 N–H and O–H groups in total. The molecule has 0 saturated carbocycles. The van der Waals surface area contributed by atoms with Crippen molar-refractivity contribution in [2.45, 2.75) is 4.90 Å². The van der Waals surface area contributed by atoms with E-state index in [0.717, 1.165) is 7.88 Å². The van der Waals surface area contributed by atoms with Crippen molar-refractivity contribution in [1.29, 1.82) is 0 Å². The molecule has 0 radical (unpaired) electrons. The summed E-state index contributed by atoms with van der Waals surface area (Å²) in [5.74, 6) is -0.714. The Balaban J connectivity index is 2.53. The van der Waals surface area contributed by atoms with E-state index < -0.39 is 22.5 Å². The standard InChI is InChI=1S/C14H13IN2O3S/c15-11-5-4-6-12(9-11)17(10-14(16)18)21(19,20)13-7-2-1-3-8-13/h1-9H,10H2,(H2,16,18). The van der Waals surface area contributed by atoms with Gasteiger partial charge in [-0.3, -0.25) is 9.10 Å². The third kappa shape index (κ3) is 3.73. The summed E-state index contributed by atoms with van der Waals surface area (Å²) >= 11 is 2.08. The zero-order valence-corrected chi connectivity index (χ0v) is 13.9. The minimum Gasteiger partial charge on any atom is -0.368 e. The topological polar surface area (TPSA) is 80.5 Å². The fraction of sp³-hybridized carbons (Fsp3) is 0.0714. The molecule has 0 fully saturated rings. The Morgan fingerprint density at radius 1 is 1.10 bits per heavy atom. The van der Waals surface area contributed by atoms with Crippen LogP contribution in [0.5, 0.6) is 0 Å². The van der Waals surface area contributed by atoms with Crippen LogP contribution in [0.2, 0.25) is 0 Å². The Morgan fingerprint density at radius 2 is 1.76 bits per heavy atom. The van der Waals surface area contributed by atoms with Gasteiger partial charge < -0.3 is 5.73 Å². The van der Waals surface area contributed by atoms with Crippen molar-refractivity contribution in [2.24, 2.45) is 5.73 Å². The molecule has 5 nitrogen and oxygen atoms in total. The summed E-state index contributed by atoms with van der Waals surface area (Å²) in [4.78, 5) is 11.4. The highest BCUT2D eigenvalue weighted by molar-refractivity contribution is 14.1. The second-order valence-corrected chi connectivity index (χ2v) is 7.38. The van der Waals surface area contributed by atoms with E-state index in [1.54, 1.807) is 36.4 Å². The lowest BCUT2D eigenvalue weighted by atomic mass is 10.3. The summed E-state index contributed by atoms with van der Waals surface area (Å²) in [5.41, 5.74) is 5.60. The number of amides is 1. The van der Waals surface area contributed by atoms with Gasteiger partial charge >= 0.3 is 0 Å². The molecule has 110 valence electrons. The van der Waals surface area contributed by atoms with Crippen molar-refractivity contribution >= 4 is 44.2 Å². The third-order valence-electron chi connectivity index (χ3n) is 2.73. The molecule has 0 aliphatic heterocycles. The second-order valence-electron chi connectivity index (χ2n) is 4.27. The van der Waals surface area contributed by atoms with Gasteiger partial charge in [0.25, 0.3) is 10.0 Å². The number of anilines is 1. The predicted molar refractivity (Wildman–Crippen MR) is 89.3 cm³/mol. The van der Waals surface area contributed by atoms with Gasteiger partial charge in [-0.2, -0.15) is 0 Å². The number of nitrogens with zero attached hydrogens (tertiary/aromatic N) is 1. The van der Waals surface area contributed by atoms with Crippen LogP contribution < -0.4 is 10.0 Å². The normalized spacial score (nSPS) is 11.1. The summed E-state index contributed by atoms with van der Waals surface area (Å²) in [6, 6.07) is 14.8. The van der Waals surface area contributed by atoms with Gasteiger partial charge in [0.15, 0.2) is 0 Å². The van der Waals surface area contributed by atoms with Crippen LogP contribution in [0.1, 0.15) is 0 Å². The number of carbonyl (C=O) groups excluding carboxylic acids is 1. The first kappa shape index (κ1) is 15.8. The van der Waals surface area contributed by atoms with Crippen LogP contribution in [-0.4, -0.2) is 20.9 Å². The van der Waals surface area contributed by atoms with Gasteiger partial charge in [0.1, 0.15) is 6.54 Å². The van der Waals surface area contributed by atoms with E-state index in [1.807, 2.05) is 6.07 Å². The number of sulfonamides is 1. The molecule has 0 bridgehead atoms. The molecule has 0 saturated heterocycles. The van der Waals surface area contributed by atoms with Crippen molar-refractivity contribution < 1.29 is 13.2 Å². The molecular formula is C14H13IN2O3S. The molecule has 1 amide bonds. The molecule has 0 heterocycles. The van der Waals surface area contributed by atoms with Crippen molar-refractivity contribution in [1.82, 2.24) is 0 Å². The maximum Gasteiger partial charge on any atom is 0.264 e. The van der Waals surface area contributed by atoms with E-state index in [4.69, 9.17) is 5.73 Å². The van der Waals surface area contributed by atoms with Crippen LogP contribution in [0, 0.1) is 3.57 Å². The number of primary amides is 1. The number of hydrogen-bond acceptors (Lipinski definition) is 3. The van der Waals surface area contributed by atoms with Gasteiger partial charge in [0.05, 0.1) is 10.6 Å². The summed E-state index contributed by atoms with van der Waals surface area (Å²) in [6.45, 7) is -0.405. The zero-order valence-electron chi connectivity index (χ0n) is 10.9. The molecule has 2 aromatic rings. The molecule has 2 aromatic carbocycles. The molecule has 21 heavy (non-hydrogen) atoms. The molecule has 0 aliphatic rings. The number of rotatable bonds is 5. The van der Waals surface area contributed by atoms with Gasteiger partial charge in [-0.15, -0.1) is 0 Å². The minimum absolute atomic E-state index is 0.116. The van der Waals surface area contributed by atoms with E-state index in [-0.39, 0.29) is 4.90 Å². The SMILES string of the molecule is NC(=O)CN(c1cccc(I)c1)S(=O)(=O)c1ccccc1. The van der Waals surface area contributed by atoms with E-state index in [2.05, 4.69) is 22.6 Å². The summed E-state index contributed by atoms with van der Waals surface area (Å²) in [6.07, 6.45) is 0. The number of carbonyl (C=O) groups is 1. The molecule has 0 aliphatic carbocycles. The van der Waals surface area contributed by atoms with E-state index in [0.29, 0.717) is 5.69 Å². The highest BCUT2D eigenvalue weighted by Crippen LogP contribution is 2.24. The molecule has 2 rings (SSSR count). The van der Waals surface area contributed by atoms with Crippen molar-refractivity contribution in [3.63, 3.8) is 0 Å². The fourth-order valence-corrected chi connectivity index (χ4v) is 3.78. The summed E-state index contributed by atoms with van der Waals surface area (Å²) in [7, 11) is -3.84. The molecule has 0 unspecified atom stereocenters. The number of nitrogens with two attached hydrogens (primary N) is 1. The van der Waals surface area contributed by atoms with Crippen molar-refractivity contribution in [3.8, 4) is 0 Å². The van der Waals surface area contributed by atoms with Gasteiger partial charge in [-0.05, 0) is 52.9 Å². The Kier molecular flexibility index (Phi) is 4.84. The van der Waals surface area contributed by atoms with Crippen LogP contribution in [0.3, 0.4) is 0 Å². The van der Waals surface area contributed by atoms with Crippen LogP contribution in [0.25, 0.3) is 0 Å². The molecule has 7 heteroatoms. The first-order valence-corrected chi connectivity index (χ1v) is 8.55. The van der Waals surface area contributed by atoms with Crippen molar-refractivity contribution in [3.05, 3.63) is 58.2 Å². The maximum absolute atomic E-state index is 12.7. The summed E-state index contributed by atoms with van der Waals surface area (Å²) in [5, 5.41) is 0.